The first-order valence-corrected chi connectivity index (χ1v) is 22.6. The molecular formula is C61H58N2. The van der Waals surface area contributed by atoms with E-state index in [1.807, 2.05) is 0 Å². The molecule has 8 aromatic rings. The van der Waals surface area contributed by atoms with Crippen LogP contribution in [0, 0.1) is 83.1 Å². The van der Waals surface area contributed by atoms with Crippen molar-refractivity contribution in [3.8, 4) is 22.3 Å². The lowest BCUT2D eigenvalue weighted by Gasteiger charge is -2.34. The predicted molar refractivity (Wildman–Crippen MR) is 269 cm³/mol. The maximum atomic E-state index is 2.53. The van der Waals surface area contributed by atoms with E-state index in [9.17, 15) is 0 Å². The number of hydrogen-bond donors (Lipinski definition) is 0. The Morgan fingerprint density at radius 1 is 0.254 bits per heavy atom. The molecule has 0 aromatic heterocycles. The number of rotatable bonds is 6. The molecule has 0 atom stereocenters. The van der Waals surface area contributed by atoms with E-state index in [0.29, 0.717) is 0 Å². The monoisotopic (exact) mass is 818 g/mol. The van der Waals surface area contributed by atoms with Gasteiger partial charge in [-0.3, -0.25) is 0 Å². The van der Waals surface area contributed by atoms with Gasteiger partial charge in [-0.2, -0.15) is 0 Å². The third kappa shape index (κ3) is 6.05. The molecule has 0 aliphatic heterocycles. The molecule has 0 heterocycles. The molecule has 2 aliphatic rings. The van der Waals surface area contributed by atoms with Gasteiger partial charge in [0, 0.05) is 34.1 Å². The number of aryl methyl sites for hydroxylation is 8. The van der Waals surface area contributed by atoms with Crippen molar-refractivity contribution >= 4 is 34.1 Å². The second kappa shape index (κ2) is 14.7. The Bertz CT molecular complexity index is 2790. The van der Waals surface area contributed by atoms with Crippen molar-refractivity contribution in [1.82, 2.24) is 0 Å². The van der Waals surface area contributed by atoms with E-state index < -0.39 is 5.41 Å². The van der Waals surface area contributed by atoms with Crippen molar-refractivity contribution in [3.05, 3.63) is 222 Å². The zero-order valence-electron chi connectivity index (χ0n) is 39.1. The highest BCUT2D eigenvalue weighted by atomic mass is 15.1. The second-order valence-corrected chi connectivity index (χ2v) is 18.8. The van der Waals surface area contributed by atoms with Gasteiger partial charge in [-0.05, 0) is 267 Å². The molecule has 63 heavy (non-hydrogen) atoms. The standard InChI is InChI=1S/C61H58N2/c1-35-25-49(26-36(2)43(35)9)62(50-27-37(3)44(10)38(4)28-50)47-21-23-55-56-24-22-48(63(51-29-39(5)45(11)40(6)30-51)52-31-41(7)46(12)42(8)32-52)34-60(56)61(59(55)33-47)57-19-15-13-17-53(57)54-18-14-16-20-58(54)61/h13-34H,1-12H3. The molecular weight excluding hydrogens is 761 g/mol. The number of benzene rings is 8. The van der Waals surface area contributed by atoms with Gasteiger partial charge < -0.3 is 9.80 Å². The molecule has 2 heteroatoms. The molecule has 312 valence electrons. The van der Waals surface area contributed by atoms with Gasteiger partial charge in [-0.15, -0.1) is 0 Å². The van der Waals surface area contributed by atoms with Crippen molar-refractivity contribution in [2.24, 2.45) is 0 Å². The lowest BCUT2D eigenvalue weighted by Crippen LogP contribution is -2.26. The Balaban J connectivity index is 1.27. The fourth-order valence-electron chi connectivity index (χ4n) is 10.9. The van der Waals surface area contributed by atoms with Crippen molar-refractivity contribution in [3.63, 3.8) is 0 Å². The van der Waals surface area contributed by atoms with Gasteiger partial charge >= 0.3 is 0 Å². The Morgan fingerprint density at radius 3 is 0.794 bits per heavy atom. The Kier molecular flexibility index (Phi) is 9.46. The average Bonchev–Trinajstić information content (AvgIpc) is 3.72. The van der Waals surface area contributed by atoms with E-state index in [2.05, 4.69) is 226 Å². The second-order valence-electron chi connectivity index (χ2n) is 18.8. The minimum Gasteiger partial charge on any atom is -0.310 e. The molecule has 0 saturated heterocycles. The third-order valence-corrected chi connectivity index (χ3v) is 15.3. The van der Waals surface area contributed by atoms with Crippen molar-refractivity contribution < 1.29 is 0 Å². The summed E-state index contributed by atoms with van der Waals surface area (Å²) in [7, 11) is 0. The average molecular weight is 819 g/mol. The van der Waals surface area contributed by atoms with Gasteiger partial charge in [0.1, 0.15) is 0 Å². The highest BCUT2D eigenvalue weighted by Crippen LogP contribution is 2.64. The maximum Gasteiger partial charge on any atom is 0.0727 e. The molecule has 8 aromatic carbocycles. The summed E-state index contributed by atoms with van der Waals surface area (Å²) in [5.41, 5.74) is 32.8. The van der Waals surface area contributed by atoms with Crippen LogP contribution in [0.4, 0.5) is 34.1 Å². The molecule has 0 N–H and O–H groups in total. The number of nitrogens with zero attached hydrogens (tertiary/aromatic N) is 2. The minimum absolute atomic E-state index is 0.544. The van der Waals surface area contributed by atoms with Crippen LogP contribution in [-0.4, -0.2) is 0 Å². The van der Waals surface area contributed by atoms with E-state index in [4.69, 9.17) is 0 Å². The molecule has 2 nitrogen and oxygen atoms in total. The fourth-order valence-corrected chi connectivity index (χ4v) is 10.9. The lowest BCUT2D eigenvalue weighted by molar-refractivity contribution is 0.793. The molecule has 2 aliphatic carbocycles. The highest BCUT2D eigenvalue weighted by molar-refractivity contribution is 5.97. The molecule has 0 saturated carbocycles. The van der Waals surface area contributed by atoms with Gasteiger partial charge in [0.05, 0.1) is 5.41 Å². The van der Waals surface area contributed by atoms with Crippen LogP contribution >= 0.6 is 0 Å². The molecule has 10 rings (SSSR count). The normalized spacial score (nSPS) is 12.9. The van der Waals surface area contributed by atoms with Crippen molar-refractivity contribution in [1.29, 1.82) is 0 Å². The molecule has 0 radical (unpaired) electrons. The van der Waals surface area contributed by atoms with Crippen LogP contribution in [0.2, 0.25) is 0 Å². The van der Waals surface area contributed by atoms with Crippen LogP contribution in [-0.2, 0) is 5.41 Å². The first-order chi connectivity index (χ1) is 30.2. The molecule has 0 fully saturated rings. The van der Waals surface area contributed by atoms with Crippen LogP contribution in [0.1, 0.15) is 89.0 Å². The van der Waals surface area contributed by atoms with Crippen LogP contribution in [0.15, 0.2) is 133 Å². The third-order valence-electron chi connectivity index (χ3n) is 15.3. The Labute approximate surface area is 375 Å². The quantitative estimate of drug-likeness (QED) is 0.165. The molecule has 0 amide bonds. The number of fused-ring (bicyclic) bond motifs is 10. The summed E-state index contributed by atoms with van der Waals surface area (Å²) in [5, 5.41) is 0. The lowest BCUT2D eigenvalue weighted by atomic mass is 9.70. The van der Waals surface area contributed by atoms with Gasteiger partial charge in [-0.1, -0.05) is 60.7 Å². The maximum absolute atomic E-state index is 2.53. The smallest absolute Gasteiger partial charge is 0.0727 e. The van der Waals surface area contributed by atoms with E-state index in [1.165, 1.54) is 134 Å². The summed E-state index contributed by atoms with van der Waals surface area (Å²) in [6, 6.07) is 51.9. The van der Waals surface area contributed by atoms with Crippen molar-refractivity contribution in [2.45, 2.75) is 88.5 Å². The van der Waals surface area contributed by atoms with E-state index in [1.54, 1.807) is 0 Å². The van der Waals surface area contributed by atoms with Crippen LogP contribution in [0.5, 0.6) is 0 Å². The summed E-state index contributed by atoms with van der Waals surface area (Å²) in [6.07, 6.45) is 0. The first-order valence-electron chi connectivity index (χ1n) is 22.6. The Hall–Kier alpha value is -6.64. The van der Waals surface area contributed by atoms with Gasteiger partial charge in [0.15, 0.2) is 0 Å². The highest BCUT2D eigenvalue weighted by Gasteiger charge is 2.52. The van der Waals surface area contributed by atoms with Crippen LogP contribution in [0.25, 0.3) is 22.3 Å². The summed E-state index contributed by atoms with van der Waals surface area (Å²) >= 11 is 0. The zero-order valence-corrected chi connectivity index (χ0v) is 39.1. The van der Waals surface area contributed by atoms with Crippen molar-refractivity contribution in [2.75, 3.05) is 9.80 Å². The topological polar surface area (TPSA) is 6.48 Å². The Morgan fingerprint density at radius 2 is 0.508 bits per heavy atom. The van der Waals surface area contributed by atoms with Gasteiger partial charge in [0.25, 0.3) is 0 Å². The largest absolute Gasteiger partial charge is 0.310 e. The van der Waals surface area contributed by atoms with E-state index >= 15 is 0 Å². The van der Waals surface area contributed by atoms with E-state index in [-0.39, 0.29) is 0 Å². The molecule has 0 bridgehead atoms. The fraction of sp³-hybridized carbons (Fsp3) is 0.213. The summed E-state index contributed by atoms with van der Waals surface area (Å²) in [5.74, 6) is 0. The summed E-state index contributed by atoms with van der Waals surface area (Å²) in [6.45, 7) is 26.9. The molecule has 0 unspecified atom stereocenters. The summed E-state index contributed by atoms with van der Waals surface area (Å²) in [4.78, 5) is 5.00. The molecule has 1 spiro atoms. The number of hydrogen-bond acceptors (Lipinski definition) is 2. The van der Waals surface area contributed by atoms with E-state index in [0.717, 1.165) is 11.4 Å². The van der Waals surface area contributed by atoms with Gasteiger partial charge in [0.2, 0.25) is 0 Å². The number of anilines is 6. The SMILES string of the molecule is Cc1cc(N(c2cc(C)c(C)c(C)c2)c2ccc3c(c2)C2(c4ccccc4-c4ccccc42)c2cc(N(c4cc(C)c(C)c(C)c4)c4cc(C)c(C)c(C)c4)ccc2-3)cc(C)c1C. The van der Waals surface area contributed by atoms with Crippen LogP contribution < -0.4 is 9.80 Å². The van der Waals surface area contributed by atoms with Gasteiger partial charge in [-0.25, -0.2) is 0 Å². The first kappa shape index (κ1) is 40.4. The van der Waals surface area contributed by atoms with Crippen LogP contribution in [0.3, 0.4) is 0 Å². The predicted octanol–water partition coefficient (Wildman–Crippen LogP) is 16.7. The minimum atomic E-state index is -0.544. The summed E-state index contributed by atoms with van der Waals surface area (Å²) < 4.78 is 0. The zero-order chi connectivity index (χ0) is 44.2.